The minimum Gasteiger partial charge on any atom is -0.347 e. The maximum absolute atomic E-state index is 13.0. The molecule has 7 heteroatoms. The molecule has 4 heterocycles. The second-order valence-corrected chi connectivity index (χ2v) is 5.79. The molecule has 23 heavy (non-hydrogen) atoms. The van der Waals surface area contributed by atoms with Gasteiger partial charge in [-0.3, -0.25) is 14.1 Å². The monoisotopic (exact) mass is 310 g/mol. The Morgan fingerprint density at radius 3 is 3.00 bits per heavy atom. The first-order valence-corrected chi connectivity index (χ1v) is 7.65. The van der Waals surface area contributed by atoms with Gasteiger partial charge in [-0.25, -0.2) is 9.97 Å². The van der Waals surface area contributed by atoms with Crippen LogP contribution in [-0.4, -0.2) is 61.7 Å². The van der Waals surface area contributed by atoms with E-state index in [9.17, 15) is 4.79 Å². The Balaban J connectivity index is 1.62. The van der Waals surface area contributed by atoms with Crippen molar-refractivity contribution < 1.29 is 4.79 Å². The third-order valence-electron chi connectivity index (χ3n) is 4.42. The summed E-state index contributed by atoms with van der Waals surface area (Å²) in [6, 6.07) is 5.70. The van der Waals surface area contributed by atoms with E-state index >= 15 is 0 Å². The molecule has 1 aliphatic rings. The van der Waals surface area contributed by atoms with Crippen LogP contribution in [0, 0.1) is 0 Å². The molecule has 3 aromatic heterocycles. The Morgan fingerprint density at radius 2 is 2.17 bits per heavy atom. The van der Waals surface area contributed by atoms with E-state index in [1.165, 1.54) is 0 Å². The summed E-state index contributed by atoms with van der Waals surface area (Å²) in [6.07, 6.45) is 7.09. The smallest absolute Gasteiger partial charge is 0.270 e. The van der Waals surface area contributed by atoms with Gasteiger partial charge >= 0.3 is 0 Å². The fraction of sp³-hybridized carbons (Fsp3) is 0.312. The first kappa shape index (κ1) is 14.0. The van der Waals surface area contributed by atoms with Crippen LogP contribution in [0.5, 0.6) is 0 Å². The topological polar surface area (TPSA) is 69.5 Å². The van der Waals surface area contributed by atoms with Crippen molar-refractivity contribution in [2.75, 3.05) is 26.7 Å². The molecular weight excluding hydrogens is 292 g/mol. The van der Waals surface area contributed by atoms with Gasteiger partial charge in [0.2, 0.25) is 0 Å². The predicted octanol–water partition coefficient (Wildman–Crippen LogP) is 1.19. The molecule has 1 aliphatic heterocycles. The molecule has 0 aliphatic carbocycles. The molecule has 118 valence electrons. The number of pyridine rings is 1. The maximum Gasteiger partial charge on any atom is 0.270 e. The van der Waals surface area contributed by atoms with E-state index in [4.69, 9.17) is 0 Å². The second-order valence-electron chi connectivity index (χ2n) is 5.79. The number of amides is 1. The van der Waals surface area contributed by atoms with Gasteiger partial charge in [0.25, 0.3) is 5.91 Å². The van der Waals surface area contributed by atoms with E-state index in [1.807, 2.05) is 39.9 Å². The van der Waals surface area contributed by atoms with Gasteiger partial charge in [0.05, 0.1) is 6.04 Å². The van der Waals surface area contributed by atoms with E-state index < -0.39 is 0 Å². The van der Waals surface area contributed by atoms with Crippen LogP contribution in [0.3, 0.4) is 0 Å². The van der Waals surface area contributed by atoms with Crippen LogP contribution in [0.25, 0.3) is 5.65 Å². The van der Waals surface area contributed by atoms with Crippen molar-refractivity contribution in [3.05, 3.63) is 54.5 Å². The lowest BCUT2D eigenvalue weighted by atomic mass is 10.1. The SMILES string of the molecule is CN1CCN(C(=O)c2cccc3nccn23)C[C@H]1c1ncc[nH]1. The molecule has 0 unspecified atom stereocenters. The number of carbonyl (C=O) groups is 1. The maximum atomic E-state index is 13.0. The molecule has 1 fully saturated rings. The molecule has 0 aromatic carbocycles. The number of fused-ring (bicyclic) bond motifs is 1. The highest BCUT2D eigenvalue weighted by atomic mass is 16.2. The summed E-state index contributed by atoms with van der Waals surface area (Å²) in [5.74, 6) is 0.920. The molecular formula is C16H18N6O. The number of hydrogen-bond acceptors (Lipinski definition) is 4. The molecule has 1 amide bonds. The highest BCUT2D eigenvalue weighted by molar-refractivity contribution is 5.93. The normalized spacial score (nSPS) is 19.3. The number of nitrogens with one attached hydrogen (secondary N) is 1. The van der Waals surface area contributed by atoms with Crippen molar-refractivity contribution in [3.63, 3.8) is 0 Å². The number of H-pyrrole nitrogens is 1. The van der Waals surface area contributed by atoms with Crippen molar-refractivity contribution in [1.29, 1.82) is 0 Å². The van der Waals surface area contributed by atoms with Gasteiger partial charge in [-0.05, 0) is 19.2 Å². The summed E-state index contributed by atoms with van der Waals surface area (Å²) < 4.78 is 1.84. The molecule has 0 saturated carbocycles. The Labute approximate surface area is 133 Å². The van der Waals surface area contributed by atoms with Crippen molar-refractivity contribution in [2.45, 2.75) is 6.04 Å². The lowest BCUT2D eigenvalue weighted by molar-refractivity contribution is 0.0527. The van der Waals surface area contributed by atoms with Crippen LogP contribution < -0.4 is 0 Å². The zero-order valence-electron chi connectivity index (χ0n) is 12.9. The van der Waals surface area contributed by atoms with Gasteiger partial charge in [-0.15, -0.1) is 0 Å². The van der Waals surface area contributed by atoms with E-state index in [2.05, 4.69) is 26.9 Å². The lowest BCUT2D eigenvalue weighted by Crippen LogP contribution is -2.49. The van der Waals surface area contributed by atoms with Crippen LogP contribution in [0.2, 0.25) is 0 Å². The van der Waals surface area contributed by atoms with Gasteiger partial charge in [-0.2, -0.15) is 0 Å². The molecule has 1 N–H and O–H groups in total. The van der Waals surface area contributed by atoms with Crippen molar-refractivity contribution in [3.8, 4) is 0 Å². The molecule has 0 bridgehead atoms. The highest BCUT2D eigenvalue weighted by Gasteiger charge is 2.31. The van der Waals surface area contributed by atoms with Gasteiger partial charge in [0.1, 0.15) is 17.2 Å². The second kappa shape index (κ2) is 5.51. The van der Waals surface area contributed by atoms with Gasteiger partial charge < -0.3 is 9.88 Å². The Bertz CT molecular complexity index is 824. The predicted molar refractivity (Wildman–Crippen MR) is 85.1 cm³/mol. The number of imidazole rings is 2. The number of rotatable bonds is 2. The quantitative estimate of drug-likeness (QED) is 0.772. The Morgan fingerprint density at radius 1 is 1.26 bits per heavy atom. The molecule has 1 saturated heterocycles. The third-order valence-corrected chi connectivity index (χ3v) is 4.42. The molecule has 7 nitrogen and oxygen atoms in total. The zero-order chi connectivity index (χ0) is 15.8. The summed E-state index contributed by atoms with van der Waals surface area (Å²) in [4.78, 5) is 28.8. The van der Waals surface area contributed by atoms with Crippen LogP contribution in [0.4, 0.5) is 0 Å². The first-order valence-electron chi connectivity index (χ1n) is 7.65. The van der Waals surface area contributed by atoms with Crippen LogP contribution >= 0.6 is 0 Å². The van der Waals surface area contributed by atoms with E-state index in [-0.39, 0.29) is 11.9 Å². The fourth-order valence-electron chi connectivity index (χ4n) is 3.10. The number of likely N-dealkylation sites (N-methyl/N-ethyl adjacent to an activating group) is 1. The Hall–Kier alpha value is -2.67. The van der Waals surface area contributed by atoms with Crippen molar-refractivity contribution in [2.24, 2.45) is 0 Å². The van der Waals surface area contributed by atoms with E-state index in [1.54, 1.807) is 12.4 Å². The largest absolute Gasteiger partial charge is 0.347 e. The number of piperazine rings is 1. The summed E-state index contributed by atoms with van der Waals surface area (Å²) >= 11 is 0. The minimum atomic E-state index is 0.0262. The summed E-state index contributed by atoms with van der Waals surface area (Å²) in [6.45, 7) is 2.14. The first-order chi connectivity index (χ1) is 11.2. The molecule has 0 spiro atoms. The average molecular weight is 310 g/mol. The summed E-state index contributed by atoms with van der Waals surface area (Å²) in [5, 5.41) is 0. The molecule has 0 radical (unpaired) electrons. The summed E-state index contributed by atoms with van der Waals surface area (Å²) in [7, 11) is 2.06. The average Bonchev–Trinajstić information content (AvgIpc) is 3.25. The summed E-state index contributed by atoms with van der Waals surface area (Å²) in [5.41, 5.74) is 1.43. The van der Waals surface area contributed by atoms with Gasteiger partial charge in [0.15, 0.2) is 0 Å². The van der Waals surface area contributed by atoms with Crippen molar-refractivity contribution in [1.82, 2.24) is 29.2 Å². The van der Waals surface area contributed by atoms with E-state index in [0.717, 1.165) is 18.0 Å². The standard InChI is InChI=1S/C16H18N6O/c1-20-9-10-21(11-13(20)15-18-5-6-19-15)16(23)12-3-2-4-14-17-7-8-22(12)14/h2-8,13H,9-11H2,1H3,(H,18,19)/t13-/m0/s1. The lowest BCUT2D eigenvalue weighted by Gasteiger charge is -2.38. The third kappa shape index (κ3) is 2.39. The van der Waals surface area contributed by atoms with Crippen molar-refractivity contribution >= 4 is 11.6 Å². The fourth-order valence-corrected chi connectivity index (χ4v) is 3.10. The van der Waals surface area contributed by atoms with Gasteiger partial charge in [0, 0.05) is 44.4 Å². The van der Waals surface area contributed by atoms with Gasteiger partial charge in [-0.1, -0.05) is 6.07 Å². The number of nitrogens with zero attached hydrogens (tertiary/aromatic N) is 5. The van der Waals surface area contributed by atoms with Crippen LogP contribution in [0.15, 0.2) is 43.0 Å². The number of hydrogen-bond donors (Lipinski definition) is 1. The Kier molecular flexibility index (Phi) is 3.34. The van der Waals surface area contributed by atoms with E-state index in [0.29, 0.717) is 18.8 Å². The van der Waals surface area contributed by atoms with Crippen LogP contribution in [-0.2, 0) is 0 Å². The van der Waals surface area contributed by atoms with Crippen LogP contribution in [0.1, 0.15) is 22.4 Å². The highest BCUT2D eigenvalue weighted by Crippen LogP contribution is 2.22. The molecule has 4 rings (SSSR count). The molecule has 1 atom stereocenters. The number of aromatic amines is 1. The molecule has 3 aromatic rings. The number of carbonyl (C=O) groups excluding carboxylic acids is 1. The zero-order valence-corrected chi connectivity index (χ0v) is 12.9. The minimum absolute atomic E-state index is 0.0262. The number of aromatic nitrogens is 4.